The minimum atomic E-state index is -0.243. The van der Waals surface area contributed by atoms with Gasteiger partial charge in [-0.15, -0.1) is 0 Å². The van der Waals surface area contributed by atoms with Crippen LogP contribution in [-0.2, 0) is 6.61 Å². The lowest BCUT2D eigenvalue weighted by Crippen LogP contribution is -2.28. The van der Waals surface area contributed by atoms with E-state index in [2.05, 4.69) is 30.9 Å². The summed E-state index contributed by atoms with van der Waals surface area (Å²) < 4.78 is 11.1. The standard InChI is InChI=1S/C24H27ClN6O3/c1-26-23(32)16-8-17(22(25)21(9-16)33-2)14-34-19-12-29-24(30-13-19)31-18-5-6-20(28-11-18)15-4-3-7-27-10-15/h5-6,8-9,11-13,15,27H,3-4,7,10,14H2,1-2H3,(H,26,32)(H,29,30,31). The Kier molecular flexibility index (Phi) is 7.76. The van der Waals surface area contributed by atoms with E-state index >= 15 is 0 Å². The highest BCUT2D eigenvalue weighted by molar-refractivity contribution is 6.33. The summed E-state index contributed by atoms with van der Waals surface area (Å²) in [6, 6.07) is 7.28. The summed E-state index contributed by atoms with van der Waals surface area (Å²) >= 11 is 6.38. The van der Waals surface area contributed by atoms with Crippen molar-refractivity contribution in [2.75, 3.05) is 32.6 Å². The van der Waals surface area contributed by atoms with Crippen LogP contribution in [0.5, 0.6) is 11.5 Å². The molecule has 34 heavy (non-hydrogen) atoms. The number of nitrogens with one attached hydrogen (secondary N) is 3. The number of anilines is 2. The Morgan fingerprint density at radius 2 is 2.03 bits per heavy atom. The molecule has 1 aromatic carbocycles. The molecule has 0 spiro atoms. The van der Waals surface area contributed by atoms with Gasteiger partial charge in [0.2, 0.25) is 5.95 Å². The molecule has 3 heterocycles. The summed E-state index contributed by atoms with van der Waals surface area (Å²) in [7, 11) is 3.06. The maximum absolute atomic E-state index is 12.0. The summed E-state index contributed by atoms with van der Waals surface area (Å²) in [6.45, 7) is 2.17. The topological polar surface area (TPSA) is 110 Å². The van der Waals surface area contributed by atoms with Gasteiger partial charge in [-0.25, -0.2) is 9.97 Å². The predicted molar refractivity (Wildman–Crippen MR) is 130 cm³/mol. The monoisotopic (exact) mass is 482 g/mol. The summed E-state index contributed by atoms with van der Waals surface area (Å²) in [5, 5.41) is 9.53. The van der Waals surface area contributed by atoms with E-state index in [1.807, 2.05) is 12.1 Å². The van der Waals surface area contributed by atoms with Crippen molar-refractivity contribution in [2.24, 2.45) is 0 Å². The van der Waals surface area contributed by atoms with Crippen LogP contribution in [0.25, 0.3) is 0 Å². The summed E-state index contributed by atoms with van der Waals surface area (Å²) in [5.41, 5.74) is 2.95. The molecule has 1 unspecified atom stereocenters. The fourth-order valence-electron chi connectivity index (χ4n) is 3.76. The number of methoxy groups -OCH3 is 1. The van der Waals surface area contributed by atoms with Gasteiger partial charge >= 0.3 is 0 Å². The second-order valence-electron chi connectivity index (χ2n) is 7.90. The van der Waals surface area contributed by atoms with Crippen molar-refractivity contribution in [1.29, 1.82) is 0 Å². The molecule has 1 fully saturated rings. The second-order valence-corrected chi connectivity index (χ2v) is 8.28. The van der Waals surface area contributed by atoms with Crippen LogP contribution >= 0.6 is 11.6 Å². The van der Waals surface area contributed by atoms with Gasteiger partial charge in [-0.2, -0.15) is 0 Å². The van der Waals surface area contributed by atoms with Crippen molar-refractivity contribution < 1.29 is 14.3 Å². The molecule has 4 rings (SSSR count). The lowest BCUT2D eigenvalue weighted by Gasteiger charge is -2.22. The zero-order chi connectivity index (χ0) is 23.9. The molecule has 1 aliphatic heterocycles. The van der Waals surface area contributed by atoms with E-state index in [1.54, 1.807) is 37.8 Å². The SMILES string of the molecule is CNC(=O)c1cc(COc2cnc(Nc3ccc(C4CCCNC4)nc3)nc2)c(Cl)c(OC)c1. The molecule has 2 aromatic heterocycles. The Morgan fingerprint density at radius 3 is 2.68 bits per heavy atom. The molecule has 3 N–H and O–H groups in total. The Bertz CT molecular complexity index is 1120. The van der Waals surface area contributed by atoms with Gasteiger partial charge in [0.15, 0.2) is 5.75 Å². The number of aromatic nitrogens is 3. The number of rotatable bonds is 8. The molecule has 9 nitrogen and oxygen atoms in total. The predicted octanol–water partition coefficient (Wildman–Crippen LogP) is 3.68. The van der Waals surface area contributed by atoms with Crippen molar-refractivity contribution in [1.82, 2.24) is 25.6 Å². The first-order valence-electron chi connectivity index (χ1n) is 11.0. The van der Waals surface area contributed by atoms with Crippen molar-refractivity contribution in [3.63, 3.8) is 0 Å². The van der Waals surface area contributed by atoms with Gasteiger partial charge < -0.3 is 25.4 Å². The van der Waals surface area contributed by atoms with Gasteiger partial charge in [-0.3, -0.25) is 9.78 Å². The molecule has 1 aliphatic rings. The van der Waals surface area contributed by atoms with Crippen LogP contribution in [0.3, 0.4) is 0 Å². The molecule has 0 aliphatic carbocycles. The maximum atomic E-state index is 12.0. The van der Waals surface area contributed by atoms with E-state index in [4.69, 9.17) is 21.1 Å². The highest BCUT2D eigenvalue weighted by Crippen LogP contribution is 2.31. The molecule has 0 radical (unpaired) electrons. The molecule has 10 heteroatoms. The minimum absolute atomic E-state index is 0.123. The fourth-order valence-corrected chi connectivity index (χ4v) is 4.00. The number of hydrogen-bond donors (Lipinski definition) is 3. The van der Waals surface area contributed by atoms with E-state index in [0.717, 1.165) is 30.9 Å². The van der Waals surface area contributed by atoms with Crippen LogP contribution in [0.15, 0.2) is 42.9 Å². The number of halogens is 1. The zero-order valence-corrected chi connectivity index (χ0v) is 19.9. The average Bonchev–Trinajstić information content (AvgIpc) is 2.89. The number of carbonyl (C=O) groups excluding carboxylic acids is 1. The largest absolute Gasteiger partial charge is 0.495 e. The Morgan fingerprint density at radius 1 is 1.21 bits per heavy atom. The molecule has 178 valence electrons. The summed E-state index contributed by atoms with van der Waals surface area (Å²) in [5.74, 6) is 1.51. The Labute approximate surface area is 203 Å². The fraction of sp³-hybridized carbons (Fsp3) is 0.333. The smallest absolute Gasteiger partial charge is 0.251 e. The molecule has 0 saturated carbocycles. The van der Waals surface area contributed by atoms with E-state index in [-0.39, 0.29) is 12.5 Å². The number of nitrogens with zero attached hydrogens (tertiary/aromatic N) is 3. The minimum Gasteiger partial charge on any atom is -0.495 e. The van der Waals surface area contributed by atoms with Crippen molar-refractivity contribution in [2.45, 2.75) is 25.4 Å². The number of ether oxygens (including phenoxy) is 2. The first-order chi connectivity index (χ1) is 16.6. The van der Waals surface area contributed by atoms with Crippen LogP contribution in [0.4, 0.5) is 11.6 Å². The van der Waals surface area contributed by atoms with Gasteiger partial charge in [0.05, 0.1) is 36.4 Å². The third kappa shape index (κ3) is 5.73. The van der Waals surface area contributed by atoms with E-state index in [9.17, 15) is 4.79 Å². The van der Waals surface area contributed by atoms with E-state index in [1.165, 1.54) is 13.5 Å². The number of piperidine rings is 1. The highest BCUT2D eigenvalue weighted by Gasteiger charge is 2.16. The van der Waals surface area contributed by atoms with Gasteiger partial charge in [-0.1, -0.05) is 11.6 Å². The highest BCUT2D eigenvalue weighted by atomic mass is 35.5. The van der Waals surface area contributed by atoms with Crippen molar-refractivity contribution in [3.8, 4) is 11.5 Å². The normalized spacial score (nSPS) is 15.4. The van der Waals surface area contributed by atoms with Crippen LogP contribution in [0, 0.1) is 0 Å². The number of hydrogen-bond acceptors (Lipinski definition) is 8. The Hall–Kier alpha value is -3.43. The van der Waals surface area contributed by atoms with Gasteiger partial charge in [-0.05, 0) is 43.7 Å². The number of amides is 1. The Balaban J connectivity index is 1.37. The van der Waals surface area contributed by atoms with Gasteiger partial charge in [0, 0.05) is 36.3 Å². The molecule has 1 amide bonds. The maximum Gasteiger partial charge on any atom is 0.251 e. The summed E-state index contributed by atoms with van der Waals surface area (Å²) in [4.78, 5) is 25.2. The van der Waals surface area contributed by atoms with Gasteiger partial charge in [0.25, 0.3) is 5.91 Å². The van der Waals surface area contributed by atoms with Gasteiger partial charge in [0.1, 0.15) is 12.4 Å². The zero-order valence-electron chi connectivity index (χ0n) is 19.1. The van der Waals surface area contributed by atoms with Crippen LogP contribution in [0.1, 0.15) is 40.4 Å². The molecule has 1 atom stereocenters. The number of pyridine rings is 1. The third-order valence-corrected chi connectivity index (χ3v) is 6.03. The first-order valence-corrected chi connectivity index (χ1v) is 11.4. The molecule has 0 bridgehead atoms. The first kappa shape index (κ1) is 23.7. The van der Waals surface area contributed by atoms with Crippen LogP contribution in [0.2, 0.25) is 5.02 Å². The lowest BCUT2D eigenvalue weighted by molar-refractivity contribution is 0.0962. The molecular weight excluding hydrogens is 456 g/mol. The lowest BCUT2D eigenvalue weighted by atomic mass is 9.96. The quantitative estimate of drug-likeness (QED) is 0.446. The van der Waals surface area contributed by atoms with Crippen LogP contribution in [-0.4, -0.2) is 48.1 Å². The average molecular weight is 483 g/mol. The second kappa shape index (κ2) is 11.1. The van der Waals surface area contributed by atoms with Crippen LogP contribution < -0.4 is 25.4 Å². The molecule has 3 aromatic rings. The molecular formula is C24H27ClN6O3. The number of carbonyl (C=O) groups is 1. The summed E-state index contributed by atoms with van der Waals surface area (Å²) in [6.07, 6.45) is 7.27. The van der Waals surface area contributed by atoms with E-state index < -0.39 is 0 Å². The van der Waals surface area contributed by atoms with E-state index in [0.29, 0.717) is 39.5 Å². The molecule has 1 saturated heterocycles. The number of benzene rings is 1. The van der Waals surface area contributed by atoms with Crippen molar-refractivity contribution >= 4 is 29.1 Å². The van der Waals surface area contributed by atoms with Crippen molar-refractivity contribution in [3.05, 3.63) is 64.7 Å². The third-order valence-electron chi connectivity index (χ3n) is 5.60.